The summed E-state index contributed by atoms with van der Waals surface area (Å²) < 4.78 is 10.5. The fourth-order valence-corrected chi connectivity index (χ4v) is 2.65. The minimum Gasteiger partial charge on any atom is -0.497 e. The summed E-state index contributed by atoms with van der Waals surface area (Å²) in [6, 6.07) is 9.35. The number of carbonyl (C=O) groups excluding carboxylic acids is 1. The standard InChI is InChI=1S/C20H28N2O3/c1-3-4-5-6-7-8-13-21-20(23)15-17-14-19(25-22-17)16-9-11-18(24-2)12-10-16/h9-12,14H,3-8,13,15H2,1-2H3,(H,21,23). The highest BCUT2D eigenvalue weighted by Crippen LogP contribution is 2.23. The van der Waals surface area contributed by atoms with Crippen molar-refractivity contribution in [2.24, 2.45) is 0 Å². The second kappa shape index (κ2) is 10.5. The van der Waals surface area contributed by atoms with Gasteiger partial charge in [0.05, 0.1) is 19.2 Å². The van der Waals surface area contributed by atoms with Gasteiger partial charge in [-0.25, -0.2) is 0 Å². The van der Waals surface area contributed by atoms with Crippen LogP contribution in [-0.2, 0) is 11.2 Å². The second-order valence-corrected chi connectivity index (χ2v) is 6.21. The van der Waals surface area contributed by atoms with Gasteiger partial charge in [-0.15, -0.1) is 0 Å². The van der Waals surface area contributed by atoms with Gasteiger partial charge in [-0.1, -0.05) is 44.2 Å². The lowest BCUT2D eigenvalue weighted by molar-refractivity contribution is -0.120. The lowest BCUT2D eigenvalue weighted by atomic mass is 10.1. The molecule has 5 heteroatoms. The number of hydrogen-bond donors (Lipinski definition) is 1. The monoisotopic (exact) mass is 344 g/mol. The van der Waals surface area contributed by atoms with Crippen LogP contribution in [0.4, 0.5) is 0 Å². The number of rotatable bonds is 11. The SMILES string of the molecule is CCCCCCCCNC(=O)Cc1cc(-c2ccc(OC)cc2)on1. The van der Waals surface area contributed by atoms with Gasteiger partial charge in [0, 0.05) is 18.2 Å². The number of benzene rings is 1. The summed E-state index contributed by atoms with van der Waals surface area (Å²) >= 11 is 0. The van der Waals surface area contributed by atoms with E-state index in [-0.39, 0.29) is 12.3 Å². The minimum atomic E-state index is -0.0110. The second-order valence-electron chi connectivity index (χ2n) is 6.21. The van der Waals surface area contributed by atoms with E-state index >= 15 is 0 Å². The maximum Gasteiger partial charge on any atom is 0.226 e. The molecule has 136 valence electrons. The number of nitrogens with one attached hydrogen (secondary N) is 1. The fourth-order valence-electron chi connectivity index (χ4n) is 2.65. The highest BCUT2D eigenvalue weighted by Gasteiger charge is 2.10. The first-order chi connectivity index (χ1) is 12.2. The highest BCUT2D eigenvalue weighted by atomic mass is 16.5. The number of methoxy groups -OCH3 is 1. The van der Waals surface area contributed by atoms with Crippen LogP contribution in [0.3, 0.4) is 0 Å². The minimum absolute atomic E-state index is 0.0110. The molecule has 5 nitrogen and oxygen atoms in total. The van der Waals surface area contributed by atoms with Crippen molar-refractivity contribution in [1.29, 1.82) is 0 Å². The van der Waals surface area contributed by atoms with Crippen molar-refractivity contribution in [3.63, 3.8) is 0 Å². The Morgan fingerprint density at radius 1 is 1.12 bits per heavy atom. The number of aromatic nitrogens is 1. The van der Waals surface area contributed by atoms with E-state index < -0.39 is 0 Å². The van der Waals surface area contributed by atoms with E-state index in [2.05, 4.69) is 17.4 Å². The van der Waals surface area contributed by atoms with E-state index in [0.29, 0.717) is 11.5 Å². The molecule has 0 unspecified atom stereocenters. The summed E-state index contributed by atoms with van der Waals surface area (Å²) in [6.07, 6.45) is 7.55. The molecule has 0 fully saturated rings. The summed E-state index contributed by atoms with van der Waals surface area (Å²) in [6.45, 7) is 2.94. The number of nitrogens with zero attached hydrogens (tertiary/aromatic N) is 1. The summed E-state index contributed by atoms with van der Waals surface area (Å²) in [5.74, 6) is 1.43. The molecule has 1 N–H and O–H groups in total. The zero-order valence-electron chi connectivity index (χ0n) is 15.2. The number of unbranched alkanes of at least 4 members (excludes halogenated alkanes) is 5. The third-order valence-corrected chi connectivity index (χ3v) is 4.13. The number of hydrogen-bond acceptors (Lipinski definition) is 4. The van der Waals surface area contributed by atoms with Crippen molar-refractivity contribution in [3.8, 4) is 17.1 Å². The molecule has 0 saturated carbocycles. The Labute approximate surface area is 149 Å². The van der Waals surface area contributed by atoms with E-state index in [4.69, 9.17) is 9.26 Å². The normalized spacial score (nSPS) is 10.6. The summed E-state index contributed by atoms with van der Waals surface area (Å²) in [5, 5.41) is 6.94. The van der Waals surface area contributed by atoms with Crippen molar-refractivity contribution in [3.05, 3.63) is 36.0 Å². The molecule has 0 bridgehead atoms. The molecule has 0 aliphatic heterocycles. The summed E-state index contributed by atoms with van der Waals surface area (Å²) in [5.41, 5.74) is 1.55. The van der Waals surface area contributed by atoms with Gasteiger partial charge in [0.25, 0.3) is 0 Å². The van der Waals surface area contributed by atoms with E-state index in [1.54, 1.807) is 7.11 Å². The van der Waals surface area contributed by atoms with Gasteiger partial charge in [0.15, 0.2) is 5.76 Å². The molecule has 2 aromatic rings. The largest absolute Gasteiger partial charge is 0.497 e. The first kappa shape index (κ1) is 19.0. The van der Waals surface area contributed by atoms with E-state index in [1.807, 2.05) is 30.3 Å². The topological polar surface area (TPSA) is 64.4 Å². The molecule has 1 heterocycles. The molecule has 1 aromatic carbocycles. The average molecular weight is 344 g/mol. The molecule has 1 aromatic heterocycles. The number of carbonyl (C=O) groups is 1. The third-order valence-electron chi connectivity index (χ3n) is 4.13. The quantitative estimate of drug-likeness (QED) is 0.615. The molecule has 0 saturated heterocycles. The molecule has 0 atom stereocenters. The van der Waals surface area contributed by atoms with Crippen LogP contribution >= 0.6 is 0 Å². The molecule has 0 aliphatic rings. The van der Waals surface area contributed by atoms with Crippen LogP contribution in [0.25, 0.3) is 11.3 Å². The van der Waals surface area contributed by atoms with Gasteiger partial charge in [-0.2, -0.15) is 0 Å². The van der Waals surface area contributed by atoms with E-state index in [1.165, 1.54) is 32.1 Å². The maximum atomic E-state index is 12.0. The lowest BCUT2D eigenvalue weighted by Crippen LogP contribution is -2.26. The highest BCUT2D eigenvalue weighted by molar-refractivity contribution is 5.78. The molecular formula is C20H28N2O3. The smallest absolute Gasteiger partial charge is 0.226 e. The Kier molecular flexibility index (Phi) is 8.02. The summed E-state index contributed by atoms with van der Waals surface area (Å²) in [4.78, 5) is 12.0. The Morgan fingerprint density at radius 2 is 1.84 bits per heavy atom. The Morgan fingerprint density at radius 3 is 2.56 bits per heavy atom. The third kappa shape index (κ3) is 6.61. The molecule has 0 aliphatic carbocycles. The van der Waals surface area contributed by atoms with Crippen LogP contribution in [0.1, 0.15) is 51.1 Å². The van der Waals surface area contributed by atoms with Crippen molar-refractivity contribution >= 4 is 5.91 Å². The van der Waals surface area contributed by atoms with Crippen LogP contribution in [0.15, 0.2) is 34.9 Å². The maximum absolute atomic E-state index is 12.0. The molecule has 25 heavy (non-hydrogen) atoms. The molecule has 1 amide bonds. The van der Waals surface area contributed by atoms with Crippen molar-refractivity contribution in [2.45, 2.75) is 51.9 Å². The zero-order chi connectivity index (χ0) is 17.9. The summed E-state index contributed by atoms with van der Waals surface area (Å²) in [7, 11) is 1.63. The van der Waals surface area contributed by atoms with Crippen LogP contribution in [0, 0.1) is 0 Å². The van der Waals surface area contributed by atoms with Gasteiger partial charge in [0.1, 0.15) is 5.75 Å². The molecule has 0 radical (unpaired) electrons. The number of amides is 1. The van der Waals surface area contributed by atoms with Crippen molar-refractivity contribution in [2.75, 3.05) is 13.7 Å². The van der Waals surface area contributed by atoms with Gasteiger partial charge >= 0.3 is 0 Å². The first-order valence-corrected chi connectivity index (χ1v) is 9.09. The predicted molar refractivity (Wildman–Crippen MR) is 98.6 cm³/mol. The van der Waals surface area contributed by atoms with Crippen LogP contribution in [0.5, 0.6) is 5.75 Å². The Bertz CT molecular complexity index is 635. The first-order valence-electron chi connectivity index (χ1n) is 9.09. The lowest BCUT2D eigenvalue weighted by Gasteiger charge is -2.03. The zero-order valence-corrected chi connectivity index (χ0v) is 15.2. The Hall–Kier alpha value is -2.30. The predicted octanol–water partition coefficient (Wildman–Crippen LogP) is 4.37. The van der Waals surface area contributed by atoms with Gasteiger partial charge in [0.2, 0.25) is 5.91 Å². The van der Waals surface area contributed by atoms with Crippen LogP contribution < -0.4 is 10.1 Å². The fraction of sp³-hybridized carbons (Fsp3) is 0.500. The van der Waals surface area contributed by atoms with Crippen LogP contribution in [-0.4, -0.2) is 24.7 Å². The van der Waals surface area contributed by atoms with E-state index in [9.17, 15) is 4.79 Å². The van der Waals surface area contributed by atoms with E-state index in [0.717, 1.165) is 24.3 Å². The average Bonchev–Trinajstić information content (AvgIpc) is 3.09. The van der Waals surface area contributed by atoms with Crippen LogP contribution in [0.2, 0.25) is 0 Å². The van der Waals surface area contributed by atoms with Crippen molar-refractivity contribution in [1.82, 2.24) is 10.5 Å². The van der Waals surface area contributed by atoms with Crippen molar-refractivity contribution < 1.29 is 14.1 Å². The Balaban J connectivity index is 1.72. The molecular weight excluding hydrogens is 316 g/mol. The van der Waals surface area contributed by atoms with Gasteiger partial charge < -0.3 is 14.6 Å². The molecule has 2 rings (SSSR count). The van der Waals surface area contributed by atoms with Gasteiger partial charge in [-0.3, -0.25) is 4.79 Å². The molecule has 0 spiro atoms. The number of ether oxygens (including phenoxy) is 1. The van der Waals surface area contributed by atoms with Gasteiger partial charge in [-0.05, 0) is 30.7 Å².